The maximum absolute atomic E-state index is 11.8. The van der Waals surface area contributed by atoms with Gasteiger partial charge in [-0.2, -0.15) is 0 Å². The van der Waals surface area contributed by atoms with E-state index >= 15 is 0 Å². The molecule has 25 heavy (non-hydrogen) atoms. The molecule has 3 aliphatic heterocycles. The Kier molecular flexibility index (Phi) is 4.80. The predicted octanol–water partition coefficient (Wildman–Crippen LogP) is 2.32. The summed E-state index contributed by atoms with van der Waals surface area (Å²) in [5.41, 5.74) is 1.99. The van der Waals surface area contributed by atoms with Crippen LogP contribution in [-0.2, 0) is 16.1 Å². The Hall–Kier alpha value is -1.43. The van der Waals surface area contributed by atoms with E-state index in [1.165, 1.54) is 5.56 Å². The zero-order chi connectivity index (χ0) is 17.3. The average molecular weight is 344 g/mol. The number of amides is 1. The molecule has 1 atom stereocenters. The normalized spacial score (nSPS) is 27.2. The van der Waals surface area contributed by atoms with E-state index < -0.39 is 0 Å². The molecule has 1 N–H and O–H groups in total. The molecule has 3 fully saturated rings. The van der Waals surface area contributed by atoms with Gasteiger partial charge in [0.2, 0.25) is 5.91 Å². The summed E-state index contributed by atoms with van der Waals surface area (Å²) in [7, 11) is 0. The number of piperidine rings is 1. The van der Waals surface area contributed by atoms with Gasteiger partial charge in [0.15, 0.2) is 0 Å². The van der Waals surface area contributed by atoms with Gasteiger partial charge in [0, 0.05) is 44.9 Å². The molecular weight excluding hydrogens is 316 g/mol. The van der Waals surface area contributed by atoms with E-state index in [0.717, 1.165) is 70.6 Å². The smallest absolute Gasteiger partial charge is 0.227 e. The average Bonchev–Trinajstić information content (AvgIpc) is 3.06. The number of hydrogen-bond donors (Lipinski definition) is 1. The fourth-order valence-corrected chi connectivity index (χ4v) is 4.44. The van der Waals surface area contributed by atoms with Crippen molar-refractivity contribution < 1.29 is 14.6 Å². The number of aliphatic hydroxyl groups is 1. The van der Waals surface area contributed by atoms with Crippen LogP contribution in [0.1, 0.15) is 44.1 Å². The van der Waals surface area contributed by atoms with Crippen LogP contribution in [0, 0.1) is 0 Å². The van der Waals surface area contributed by atoms with E-state index in [1.54, 1.807) is 0 Å². The van der Waals surface area contributed by atoms with Crippen molar-refractivity contribution in [3.8, 4) is 0 Å². The second-order valence-electron chi connectivity index (χ2n) is 7.66. The summed E-state index contributed by atoms with van der Waals surface area (Å²) in [4.78, 5) is 16.2. The van der Waals surface area contributed by atoms with Crippen LogP contribution >= 0.6 is 0 Å². The Morgan fingerprint density at radius 3 is 2.52 bits per heavy atom. The summed E-state index contributed by atoms with van der Waals surface area (Å²) in [5.74, 6) is 0.236. The first-order valence-corrected chi connectivity index (χ1v) is 9.60. The van der Waals surface area contributed by atoms with Gasteiger partial charge in [0.1, 0.15) is 0 Å². The SMILES string of the molecule is O=C1CCCN1c1ccc(CN2CCC3(CC2)OCCC[C@H]3O)cc1. The van der Waals surface area contributed by atoms with E-state index in [2.05, 4.69) is 29.2 Å². The lowest BCUT2D eigenvalue weighted by molar-refractivity contribution is -0.177. The minimum atomic E-state index is -0.305. The maximum atomic E-state index is 11.8. The van der Waals surface area contributed by atoms with E-state index in [-0.39, 0.29) is 17.6 Å². The number of nitrogens with zero attached hydrogens (tertiary/aromatic N) is 2. The lowest BCUT2D eigenvalue weighted by Gasteiger charge is -2.46. The number of carbonyl (C=O) groups is 1. The van der Waals surface area contributed by atoms with Gasteiger partial charge in [-0.25, -0.2) is 0 Å². The van der Waals surface area contributed by atoms with Crippen molar-refractivity contribution >= 4 is 11.6 Å². The highest BCUT2D eigenvalue weighted by atomic mass is 16.5. The highest BCUT2D eigenvalue weighted by molar-refractivity contribution is 5.95. The zero-order valence-electron chi connectivity index (χ0n) is 14.8. The number of hydrogen-bond acceptors (Lipinski definition) is 4. The molecule has 3 saturated heterocycles. The van der Waals surface area contributed by atoms with E-state index in [9.17, 15) is 9.90 Å². The lowest BCUT2D eigenvalue weighted by Crippen LogP contribution is -2.55. The van der Waals surface area contributed by atoms with Gasteiger partial charge < -0.3 is 14.7 Å². The van der Waals surface area contributed by atoms with Crippen LogP contribution in [0.15, 0.2) is 24.3 Å². The van der Waals surface area contributed by atoms with Crippen LogP contribution in [-0.4, -0.2) is 53.9 Å². The first kappa shape index (κ1) is 17.0. The third-order valence-electron chi connectivity index (χ3n) is 6.05. The molecule has 0 unspecified atom stereocenters. The monoisotopic (exact) mass is 344 g/mol. The number of ether oxygens (including phenoxy) is 1. The van der Waals surface area contributed by atoms with E-state index in [1.807, 2.05) is 4.90 Å². The topological polar surface area (TPSA) is 53.0 Å². The summed E-state index contributed by atoms with van der Waals surface area (Å²) in [6, 6.07) is 8.41. The standard InChI is InChI=1S/C20H28N2O3/c23-18-3-2-14-25-20(18)9-12-21(13-10-20)15-16-5-7-17(8-6-16)22-11-1-4-19(22)24/h5-8,18,23H,1-4,9-15H2/t18-/m1/s1. The van der Waals surface area contributed by atoms with Crippen molar-refractivity contribution in [2.75, 3.05) is 31.1 Å². The molecular formula is C20H28N2O3. The molecule has 3 aliphatic rings. The van der Waals surface area contributed by atoms with Crippen molar-refractivity contribution in [2.45, 2.75) is 56.8 Å². The minimum absolute atomic E-state index is 0.236. The summed E-state index contributed by atoms with van der Waals surface area (Å²) in [6.45, 7) is 4.47. The molecule has 0 aromatic heterocycles. The Labute approximate surface area is 149 Å². The van der Waals surface area contributed by atoms with Crippen LogP contribution in [0.5, 0.6) is 0 Å². The Bertz CT molecular complexity index is 608. The van der Waals surface area contributed by atoms with Gasteiger partial charge in [-0.05, 0) is 49.8 Å². The molecule has 5 nitrogen and oxygen atoms in total. The third-order valence-corrected chi connectivity index (χ3v) is 6.05. The van der Waals surface area contributed by atoms with Crippen molar-refractivity contribution in [1.29, 1.82) is 0 Å². The van der Waals surface area contributed by atoms with Gasteiger partial charge in [-0.3, -0.25) is 9.69 Å². The van der Waals surface area contributed by atoms with Gasteiger partial charge in [-0.1, -0.05) is 12.1 Å². The van der Waals surface area contributed by atoms with Crippen molar-refractivity contribution in [1.82, 2.24) is 4.90 Å². The van der Waals surface area contributed by atoms with Crippen molar-refractivity contribution in [2.24, 2.45) is 0 Å². The fraction of sp³-hybridized carbons (Fsp3) is 0.650. The van der Waals surface area contributed by atoms with Crippen LogP contribution < -0.4 is 4.90 Å². The molecule has 0 radical (unpaired) electrons. The van der Waals surface area contributed by atoms with Crippen LogP contribution in [0.25, 0.3) is 0 Å². The molecule has 1 aromatic rings. The Balaban J connectivity index is 1.33. The molecule has 5 heteroatoms. The van der Waals surface area contributed by atoms with Crippen molar-refractivity contribution in [3.05, 3.63) is 29.8 Å². The zero-order valence-corrected chi connectivity index (χ0v) is 14.8. The molecule has 0 aliphatic carbocycles. The van der Waals surface area contributed by atoms with Crippen molar-refractivity contribution in [3.63, 3.8) is 0 Å². The van der Waals surface area contributed by atoms with Gasteiger partial charge in [0.05, 0.1) is 11.7 Å². The first-order valence-electron chi connectivity index (χ1n) is 9.60. The quantitative estimate of drug-likeness (QED) is 0.914. The summed E-state index contributed by atoms with van der Waals surface area (Å²) in [5, 5.41) is 10.3. The number of likely N-dealkylation sites (tertiary alicyclic amines) is 1. The van der Waals surface area contributed by atoms with Crippen LogP contribution in [0.2, 0.25) is 0 Å². The molecule has 1 aromatic carbocycles. The summed E-state index contributed by atoms with van der Waals surface area (Å²) < 4.78 is 5.99. The molecule has 3 heterocycles. The van der Waals surface area contributed by atoms with Crippen LogP contribution in [0.3, 0.4) is 0 Å². The number of anilines is 1. The molecule has 4 rings (SSSR count). The highest BCUT2D eigenvalue weighted by Crippen LogP contribution is 2.35. The molecule has 1 spiro atoms. The predicted molar refractivity (Wildman–Crippen MR) is 96.5 cm³/mol. The fourth-order valence-electron chi connectivity index (χ4n) is 4.44. The summed E-state index contributed by atoms with van der Waals surface area (Å²) in [6.07, 6.45) is 4.99. The second kappa shape index (κ2) is 7.06. The van der Waals surface area contributed by atoms with Gasteiger partial charge >= 0.3 is 0 Å². The maximum Gasteiger partial charge on any atom is 0.227 e. The van der Waals surface area contributed by atoms with Crippen LogP contribution in [0.4, 0.5) is 5.69 Å². The highest BCUT2D eigenvalue weighted by Gasteiger charge is 2.43. The third kappa shape index (κ3) is 3.46. The van der Waals surface area contributed by atoms with E-state index in [0.29, 0.717) is 6.42 Å². The summed E-state index contributed by atoms with van der Waals surface area (Å²) >= 11 is 0. The molecule has 0 saturated carbocycles. The molecule has 1 amide bonds. The van der Waals surface area contributed by atoms with Gasteiger partial charge in [-0.15, -0.1) is 0 Å². The number of aliphatic hydroxyl groups excluding tert-OH is 1. The second-order valence-corrected chi connectivity index (χ2v) is 7.66. The number of carbonyl (C=O) groups excluding carboxylic acids is 1. The Morgan fingerprint density at radius 2 is 1.88 bits per heavy atom. The molecule has 136 valence electrons. The largest absolute Gasteiger partial charge is 0.390 e. The lowest BCUT2D eigenvalue weighted by atomic mass is 9.82. The minimum Gasteiger partial charge on any atom is -0.390 e. The number of rotatable bonds is 3. The van der Waals surface area contributed by atoms with E-state index in [4.69, 9.17) is 4.74 Å². The van der Waals surface area contributed by atoms with Gasteiger partial charge in [0.25, 0.3) is 0 Å². The first-order chi connectivity index (χ1) is 12.2. The Morgan fingerprint density at radius 1 is 1.12 bits per heavy atom. The number of benzene rings is 1. The molecule has 0 bridgehead atoms.